The highest BCUT2D eigenvalue weighted by atomic mass is 19.1. The molecule has 1 fully saturated rings. The topological polar surface area (TPSA) is 55.8 Å². The Kier molecular flexibility index (Phi) is 8.61. The van der Waals surface area contributed by atoms with E-state index in [0.29, 0.717) is 19.1 Å². The van der Waals surface area contributed by atoms with E-state index in [0.717, 1.165) is 38.0 Å². The summed E-state index contributed by atoms with van der Waals surface area (Å²) in [5.41, 5.74) is 0.967. The fraction of sp³-hybridized carbons (Fsp3) is 0.696. The molecular formula is C23H38FN3O2. The summed E-state index contributed by atoms with van der Waals surface area (Å²) >= 11 is 0. The van der Waals surface area contributed by atoms with Crippen molar-refractivity contribution in [2.24, 2.45) is 5.41 Å². The lowest BCUT2D eigenvalue weighted by Gasteiger charge is -2.41. The van der Waals surface area contributed by atoms with Gasteiger partial charge in [0.15, 0.2) is 0 Å². The number of amides is 1. The Morgan fingerprint density at radius 2 is 1.93 bits per heavy atom. The first kappa shape index (κ1) is 23.8. The third kappa shape index (κ3) is 8.03. The lowest BCUT2D eigenvalue weighted by molar-refractivity contribution is -0.124. The van der Waals surface area contributed by atoms with E-state index >= 15 is 0 Å². The molecular weight excluding hydrogens is 369 g/mol. The third-order valence-corrected chi connectivity index (χ3v) is 5.45. The highest BCUT2D eigenvalue weighted by Gasteiger charge is 2.28. The third-order valence-electron chi connectivity index (χ3n) is 5.45. The Balaban J connectivity index is 1.98. The SMILES string of the molecule is CCC1CN(CC(=O)NC(CC(C)(C)C)c2ccc(F)cc2)CCN1CC(C)O. The molecule has 0 saturated carbocycles. The fourth-order valence-corrected chi connectivity index (χ4v) is 4.07. The number of piperazine rings is 1. The Morgan fingerprint density at radius 1 is 1.28 bits per heavy atom. The lowest BCUT2D eigenvalue weighted by Crippen LogP contribution is -2.56. The van der Waals surface area contributed by atoms with Crippen molar-refractivity contribution in [1.29, 1.82) is 0 Å². The lowest BCUT2D eigenvalue weighted by atomic mass is 9.85. The quantitative estimate of drug-likeness (QED) is 0.695. The van der Waals surface area contributed by atoms with Gasteiger partial charge in [-0.05, 0) is 42.9 Å². The van der Waals surface area contributed by atoms with Crippen LogP contribution < -0.4 is 5.32 Å². The van der Waals surface area contributed by atoms with Crippen molar-refractivity contribution in [1.82, 2.24) is 15.1 Å². The van der Waals surface area contributed by atoms with Crippen molar-refractivity contribution in [2.75, 3.05) is 32.7 Å². The Labute approximate surface area is 175 Å². The predicted molar refractivity (Wildman–Crippen MR) is 115 cm³/mol. The Morgan fingerprint density at radius 3 is 2.48 bits per heavy atom. The minimum atomic E-state index is -0.340. The molecule has 1 saturated heterocycles. The number of benzene rings is 1. The van der Waals surface area contributed by atoms with Gasteiger partial charge in [0.1, 0.15) is 5.82 Å². The molecule has 0 aliphatic carbocycles. The van der Waals surface area contributed by atoms with Crippen LogP contribution in [-0.4, -0.2) is 65.7 Å². The molecule has 0 aromatic heterocycles. The van der Waals surface area contributed by atoms with Crippen LogP contribution in [0.1, 0.15) is 59.1 Å². The zero-order chi connectivity index (χ0) is 21.6. The normalized spacial score (nSPS) is 21.0. The van der Waals surface area contributed by atoms with Crippen molar-refractivity contribution in [3.8, 4) is 0 Å². The molecule has 2 rings (SSSR count). The van der Waals surface area contributed by atoms with Crippen LogP contribution in [0.5, 0.6) is 0 Å². The number of hydrogen-bond donors (Lipinski definition) is 2. The summed E-state index contributed by atoms with van der Waals surface area (Å²) in [5, 5.41) is 12.9. The second-order valence-electron chi connectivity index (χ2n) is 9.58. The van der Waals surface area contributed by atoms with Gasteiger partial charge in [0.2, 0.25) is 5.91 Å². The van der Waals surface area contributed by atoms with Crippen LogP contribution in [0.2, 0.25) is 0 Å². The number of nitrogens with one attached hydrogen (secondary N) is 1. The van der Waals surface area contributed by atoms with Gasteiger partial charge in [-0.25, -0.2) is 4.39 Å². The second kappa shape index (κ2) is 10.5. The smallest absolute Gasteiger partial charge is 0.234 e. The van der Waals surface area contributed by atoms with Crippen molar-refractivity contribution < 1.29 is 14.3 Å². The highest BCUT2D eigenvalue weighted by molar-refractivity contribution is 5.78. The minimum absolute atomic E-state index is 0.00223. The van der Waals surface area contributed by atoms with E-state index in [-0.39, 0.29) is 29.3 Å². The molecule has 3 unspecified atom stereocenters. The maximum atomic E-state index is 13.3. The number of halogens is 1. The molecule has 6 heteroatoms. The molecule has 1 aromatic carbocycles. The fourth-order valence-electron chi connectivity index (χ4n) is 4.07. The van der Waals surface area contributed by atoms with Gasteiger partial charge in [0, 0.05) is 32.2 Å². The van der Waals surface area contributed by atoms with Gasteiger partial charge in [-0.15, -0.1) is 0 Å². The summed E-state index contributed by atoms with van der Waals surface area (Å²) < 4.78 is 13.3. The van der Waals surface area contributed by atoms with E-state index in [1.54, 1.807) is 12.1 Å². The van der Waals surface area contributed by atoms with Crippen LogP contribution in [0.15, 0.2) is 24.3 Å². The van der Waals surface area contributed by atoms with Gasteiger partial charge in [-0.2, -0.15) is 0 Å². The molecule has 5 nitrogen and oxygen atoms in total. The molecule has 0 radical (unpaired) electrons. The average Bonchev–Trinajstić information content (AvgIpc) is 2.61. The average molecular weight is 408 g/mol. The molecule has 29 heavy (non-hydrogen) atoms. The molecule has 164 valence electrons. The van der Waals surface area contributed by atoms with Crippen molar-refractivity contribution >= 4 is 5.91 Å². The summed E-state index contributed by atoms with van der Waals surface area (Å²) in [6, 6.07) is 6.63. The molecule has 1 aromatic rings. The van der Waals surface area contributed by atoms with Gasteiger partial charge >= 0.3 is 0 Å². The first-order chi connectivity index (χ1) is 13.6. The number of carbonyl (C=O) groups is 1. The minimum Gasteiger partial charge on any atom is -0.392 e. The van der Waals surface area contributed by atoms with E-state index in [2.05, 4.69) is 42.8 Å². The monoisotopic (exact) mass is 407 g/mol. The van der Waals surface area contributed by atoms with Gasteiger partial charge in [0.25, 0.3) is 0 Å². The molecule has 1 heterocycles. The molecule has 2 N–H and O–H groups in total. The van der Waals surface area contributed by atoms with Crippen molar-refractivity contribution in [3.63, 3.8) is 0 Å². The van der Waals surface area contributed by atoms with Crippen LogP contribution in [0.25, 0.3) is 0 Å². The number of rotatable bonds is 8. The number of β-amino-alcohol motifs (C(OH)–C–C–N with tert-alkyl or cyclic N) is 1. The standard InChI is InChI=1S/C23H38FN3O2/c1-6-20-15-26(11-12-27(20)14-17(2)28)16-22(29)25-21(13-23(3,4)5)18-7-9-19(24)10-8-18/h7-10,17,20-21,28H,6,11-16H2,1-5H3,(H,25,29). The zero-order valence-corrected chi connectivity index (χ0v) is 18.6. The molecule has 3 atom stereocenters. The molecule has 0 bridgehead atoms. The van der Waals surface area contributed by atoms with E-state index in [9.17, 15) is 14.3 Å². The van der Waals surface area contributed by atoms with Gasteiger partial charge in [-0.1, -0.05) is 39.8 Å². The van der Waals surface area contributed by atoms with Gasteiger partial charge < -0.3 is 10.4 Å². The largest absolute Gasteiger partial charge is 0.392 e. The molecule has 1 amide bonds. The summed E-state index contributed by atoms with van der Waals surface area (Å²) in [6.07, 6.45) is 1.43. The van der Waals surface area contributed by atoms with Crippen molar-refractivity contribution in [3.05, 3.63) is 35.6 Å². The molecule has 0 spiro atoms. The van der Waals surface area contributed by atoms with E-state index in [4.69, 9.17) is 0 Å². The maximum absolute atomic E-state index is 13.3. The van der Waals surface area contributed by atoms with E-state index in [1.165, 1.54) is 12.1 Å². The van der Waals surface area contributed by atoms with Crippen LogP contribution in [0, 0.1) is 11.2 Å². The number of aliphatic hydroxyl groups excluding tert-OH is 1. The zero-order valence-electron chi connectivity index (χ0n) is 18.6. The van der Waals surface area contributed by atoms with E-state index < -0.39 is 0 Å². The predicted octanol–water partition coefficient (Wildman–Crippen LogP) is 3.20. The second-order valence-corrected chi connectivity index (χ2v) is 9.58. The first-order valence-corrected chi connectivity index (χ1v) is 10.8. The summed E-state index contributed by atoms with van der Waals surface area (Å²) in [4.78, 5) is 17.3. The number of carbonyl (C=O) groups excluding carboxylic acids is 1. The summed E-state index contributed by atoms with van der Waals surface area (Å²) in [5.74, 6) is -0.266. The number of nitrogens with zero attached hydrogens (tertiary/aromatic N) is 2. The van der Waals surface area contributed by atoms with Gasteiger partial charge in [0.05, 0.1) is 18.7 Å². The van der Waals surface area contributed by atoms with Gasteiger partial charge in [-0.3, -0.25) is 14.6 Å². The summed E-state index contributed by atoms with van der Waals surface area (Å²) in [7, 11) is 0. The number of aliphatic hydroxyl groups is 1. The van der Waals surface area contributed by atoms with Crippen molar-refractivity contribution in [2.45, 2.75) is 65.6 Å². The first-order valence-electron chi connectivity index (χ1n) is 10.8. The van der Waals surface area contributed by atoms with Crippen LogP contribution >= 0.6 is 0 Å². The maximum Gasteiger partial charge on any atom is 0.234 e. The van der Waals surface area contributed by atoms with Crippen LogP contribution in [0.3, 0.4) is 0 Å². The molecule has 1 aliphatic rings. The molecule has 1 aliphatic heterocycles. The summed E-state index contributed by atoms with van der Waals surface area (Å²) in [6.45, 7) is 13.9. The van der Waals surface area contributed by atoms with E-state index in [1.807, 2.05) is 6.92 Å². The Bertz CT molecular complexity index is 643. The van der Waals surface area contributed by atoms with Crippen LogP contribution in [-0.2, 0) is 4.79 Å². The number of hydrogen-bond acceptors (Lipinski definition) is 4. The van der Waals surface area contributed by atoms with Crippen LogP contribution in [0.4, 0.5) is 4.39 Å². The Hall–Kier alpha value is -1.50. The highest BCUT2D eigenvalue weighted by Crippen LogP contribution is 2.29.